The number of hydrogen-bond acceptors (Lipinski definition) is 5. The largest absolute Gasteiger partial charge is 0.464 e. The van der Waals surface area contributed by atoms with Crippen molar-refractivity contribution in [1.29, 1.82) is 5.26 Å². The molecular formula is C11H17N5OS. The zero-order valence-corrected chi connectivity index (χ0v) is 11.1. The van der Waals surface area contributed by atoms with Crippen LogP contribution in [0.4, 0.5) is 0 Å². The molecule has 0 aromatic carbocycles. The highest BCUT2D eigenvalue weighted by Crippen LogP contribution is 2.14. The second kappa shape index (κ2) is 8.44. The Morgan fingerprint density at radius 2 is 2.33 bits per heavy atom. The van der Waals surface area contributed by atoms with Crippen LogP contribution in [0.1, 0.15) is 11.5 Å². The van der Waals surface area contributed by atoms with Gasteiger partial charge >= 0.3 is 0 Å². The Balaban J connectivity index is 2.13. The van der Waals surface area contributed by atoms with Crippen LogP contribution in [0, 0.1) is 11.5 Å². The van der Waals surface area contributed by atoms with Crippen molar-refractivity contribution in [3.63, 3.8) is 0 Å². The fourth-order valence-electron chi connectivity index (χ4n) is 1.26. The lowest BCUT2D eigenvalue weighted by Gasteiger charge is -2.05. The first-order valence-corrected chi connectivity index (χ1v) is 6.66. The molecule has 0 aliphatic rings. The fourth-order valence-corrected chi connectivity index (χ4v) is 2.00. The maximum atomic E-state index is 8.44. The van der Waals surface area contributed by atoms with Crippen LogP contribution < -0.4 is 16.4 Å². The predicted molar refractivity (Wildman–Crippen MR) is 72.9 cm³/mol. The number of rotatable bonds is 6. The molecule has 0 spiro atoms. The van der Waals surface area contributed by atoms with Crippen molar-refractivity contribution in [1.82, 2.24) is 10.6 Å². The van der Waals surface area contributed by atoms with Gasteiger partial charge in [-0.2, -0.15) is 17.0 Å². The third-order valence-electron chi connectivity index (χ3n) is 2.10. The number of nitrogens with two attached hydrogens (primary N) is 1. The SMILES string of the molecule is CN=C(NC#N)NCCSCc1ccc(CN)o1. The lowest BCUT2D eigenvalue weighted by Crippen LogP contribution is -2.35. The first-order chi connectivity index (χ1) is 8.80. The zero-order chi connectivity index (χ0) is 13.2. The van der Waals surface area contributed by atoms with E-state index in [1.54, 1.807) is 18.8 Å². The smallest absolute Gasteiger partial charge is 0.204 e. The Hall–Kier alpha value is -1.65. The van der Waals surface area contributed by atoms with Crippen molar-refractivity contribution < 1.29 is 4.42 Å². The molecule has 1 rings (SSSR count). The molecule has 0 aliphatic heterocycles. The average molecular weight is 267 g/mol. The van der Waals surface area contributed by atoms with E-state index in [-0.39, 0.29) is 0 Å². The van der Waals surface area contributed by atoms with Gasteiger partial charge in [0.05, 0.1) is 12.3 Å². The third kappa shape index (κ3) is 5.12. The fraction of sp³-hybridized carbons (Fsp3) is 0.455. The summed E-state index contributed by atoms with van der Waals surface area (Å²) in [5, 5.41) is 13.9. The number of nitrogens with one attached hydrogen (secondary N) is 2. The van der Waals surface area contributed by atoms with Gasteiger partial charge in [0.15, 0.2) is 6.19 Å². The van der Waals surface area contributed by atoms with Gasteiger partial charge in [-0.15, -0.1) is 0 Å². The van der Waals surface area contributed by atoms with Crippen LogP contribution in [-0.2, 0) is 12.3 Å². The monoisotopic (exact) mass is 267 g/mol. The summed E-state index contributed by atoms with van der Waals surface area (Å²) in [6, 6.07) is 3.84. The van der Waals surface area contributed by atoms with Crippen LogP contribution in [0.5, 0.6) is 0 Å². The van der Waals surface area contributed by atoms with E-state index < -0.39 is 0 Å². The van der Waals surface area contributed by atoms with E-state index in [4.69, 9.17) is 15.4 Å². The van der Waals surface area contributed by atoms with Gasteiger partial charge in [-0.1, -0.05) is 0 Å². The summed E-state index contributed by atoms with van der Waals surface area (Å²) < 4.78 is 5.47. The van der Waals surface area contributed by atoms with Crippen molar-refractivity contribution >= 4 is 17.7 Å². The van der Waals surface area contributed by atoms with Crippen LogP contribution in [0.25, 0.3) is 0 Å². The molecule has 0 bridgehead atoms. The topological polar surface area (TPSA) is 99.4 Å². The highest BCUT2D eigenvalue weighted by Gasteiger charge is 2.01. The summed E-state index contributed by atoms with van der Waals surface area (Å²) in [7, 11) is 1.62. The Morgan fingerprint density at radius 3 is 2.94 bits per heavy atom. The van der Waals surface area contributed by atoms with Crippen LogP contribution in [0.3, 0.4) is 0 Å². The normalized spacial score (nSPS) is 11.1. The van der Waals surface area contributed by atoms with Gasteiger partial charge in [-0.05, 0) is 12.1 Å². The minimum absolute atomic E-state index is 0.433. The molecule has 0 saturated heterocycles. The maximum Gasteiger partial charge on any atom is 0.204 e. The van der Waals surface area contributed by atoms with Crippen LogP contribution >= 0.6 is 11.8 Å². The van der Waals surface area contributed by atoms with E-state index in [2.05, 4.69) is 15.6 Å². The van der Waals surface area contributed by atoms with E-state index in [0.717, 1.165) is 29.6 Å². The summed E-state index contributed by atoms with van der Waals surface area (Å²) in [6.45, 7) is 1.17. The van der Waals surface area contributed by atoms with Crippen molar-refractivity contribution in [2.75, 3.05) is 19.3 Å². The van der Waals surface area contributed by atoms with Gasteiger partial charge < -0.3 is 15.5 Å². The first-order valence-electron chi connectivity index (χ1n) is 5.51. The summed E-state index contributed by atoms with van der Waals surface area (Å²) >= 11 is 1.74. The van der Waals surface area contributed by atoms with E-state index in [0.29, 0.717) is 12.5 Å². The molecule has 0 fully saturated rings. The van der Waals surface area contributed by atoms with Gasteiger partial charge in [0.25, 0.3) is 0 Å². The van der Waals surface area contributed by atoms with E-state index >= 15 is 0 Å². The predicted octanol–water partition coefficient (Wildman–Crippen LogP) is 0.618. The van der Waals surface area contributed by atoms with Gasteiger partial charge in [-0.3, -0.25) is 10.3 Å². The molecular weight excluding hydrogens is 250 g/mol. The van der Waals surface area contributed by atoms with E-state index in [1.807, 2.05) is 18.3 Å². The molecule has 6 nitrogen and oxygen atoms in total. The van der Waals surface area contributed by atoms with Crippen molar-refractivity contribution in [3.8, 4) is 6.19 Å². The van der Waals surface area contributed by atoms with Crippen LogP contribution in [0.15, 0.2) is 21.5 Å². The Bertz CT molecular complexity index is 423. The van der Waals surface area contributed by atoms with E-state index in [9.17, 15) is 0 Å². The van der Waals surface area contributed by atoms with Crippen LogP contribution in [0.2, 0.25) is 0 Å². The molecule has 18 heavy (non-hydrogen) atoms. The Labute approximate surface area is 111 Å². The second-order valence-electron chi connectivity index (χ2n) is 3.36. The minimum atomic E-state index is 0.433. The standard InChI is InChI=1S/C11H17N5OS/c1-14-11(16-8-13)15-4-5-18-7-10-3-2-9(6-12)17-10/h2-3H,4-7,12H2,1H3,(H2,14,15,16). The molecule has 1 aromatic rings. The number of nitrogens with zero attached hydrogens (tertiary/aromatic N) is 2. The van der Waals surface area contributed by atoms with Crippen molar-refractivity contribution in [3.05, 3.63) is 23.7 Å². The van der Waals surface area contributed by atoms with Crippen molar-refractivity contribution in [2.45, 2.75) is 12.3 Å². The molecule has 4 N–H and O–H groups in total. The van der Waals surface area contributed by atoms with Gasteiger partial charge in [0.1, 0.15) is 11.5 Å². The molecule has 0 unspecified atom stereocenters. The Kier molecular flexibility index (Phi) is 6.76. The average Bonchev–Trinajstić information content (AvgIpc) is 2.85. The van der Waals surface area contributed by atoms with Crippen LogP contribution in [-0.4, -0.2) is 25.3 Å². The molecule has 0 saturated carbocycles. The molecule has 98 valence electrons. The number of furan rings is 1. The maximum absolute atomic E-state index is 8.44. The summed E-state index contributed by atoms with van der Waals surface area (Å²) in [5.74, 6) is 3.93. The minimum Gasteiger partial charge on any atom is -0.464 e. The molecule has 0 amide bonds. The summed E-state index contributed by atoms with van der Waals surface area (Å²) in [5.41, 5.74) is 5.46. The number of guanidine groups is 1. The quantitative estimate of drug-likeness (QED) is 0.230. The van der Waals surface area contributed by atoms with E-state index in [1.165, 1.54) is 0 Å². The number of hydrogen-bond donors (Lipinski definition) is 3. The molecule has 0 atom stereocenters. The first kappa shape index (κ1) is 14.4. The molecule has 1 aromatic heterocycles. The van der Waals surface area contributed by atoms with Crippen molar-refractivity contribution in [2.24, 2.45) is 10.7 Å². The lowest BCUT2D eigenvalue weighted by atomic mass is 10.4. The highest BCUT2D eigenvalue weighted by atomic mass is 32.2. The van der Waals surface area contributed by atoms with Gasteiger partial charge in [0.2, 0.25) is 5.96 Å². The molecule has 0 aliphatic carbocycles. The summed E-state index contributed by atoms with van der Waals surface area (Å²) in [4.78, 5) is 3.88. The van der Waals surface area contributed by atoms with Gasteiger partial charge in [0, 0.05) is 19.3 Å². The lowest BCUT2D eigenvalue weighted by molar-refractivity contribution is 0.482. The van der Waals surface area contributed by atoms with Gasteiger partial charge in [-0.25, -0.2) is 0 Å². The third-order valence-corrected chi connectivity index (χ3v) is 3.08. The zero-order valence-electron chi connectivity index (χ0n) is 10.3. The summed E-state index contributed by atoms with van der Waals surface area (Å²) in [6.07, 6.45) is 1.82. The highest BCUT2D eigenvalue weighted by molar-refractivity contribution is 7.98. The Morgan fingerprint density at radius 1 is 1.56 bits per heavy atom. The molecule has 1 heterocycles. The molecule has 7 heteroatoms. The number of nitriles is 1. The second-order valence-corrected chi connectivity index (χ2v) is 4.47. The molecule has 0 radical (unpaired) electrons. The number of thioether (sulfide) groups is 1. The number of aliphatic imine (C=N–C) groups is 1.